The summed E-state index contributed by atoms with van der Waals surface area (Å²) >= 11 is 0. The van der Waals surface area contributed by atoms with Gasteiger partial charge in [0.25, 0.3) is 0 Å². The molecule has 118 valence electrons. The van der Waals surface area contributed by atoms with Gasteiger partial charge in [0.1, 0.15) is 22.5 Å². The van der Waals surface area contributed by atoms with Crippen LogP contribution in [-0.4, -0.2) is 20.1 Å². The topological polar surface area (TPSA) is 77.0 Å². The van der Waals surface area contributed by atoms with E-state index in [9.17, 15) is 5.11 Å². The van der Waals surface area contributed by atoms with Crippen molar-refractivity contribution in [2.75, 3.05) is 0 Å². The van der Waals surface area contributed by atoms with Crippen molar-refractivity contribution in [1.82, 2.24) is 15.0 Å². The van der Waals surface area contributed by atoms with Crippen molar-refractivity contribution in [3.63, 3.8) is 0 Å². The molecule has 1 aromatic heterocycles. The molecule has 0 amide bonds. The maximum Gasteiger partial charge on any atom is 0.147 e. The molecule has 1 fully saturated rings. The van der Waals surface area contributed by atoms with Gasteiger partial charge in [0.2, 0.25) is 0 Å². The van der Waals surface area contributed by atoms with Gasteiger partial charge < -0.3 is 10.8 Å². The predicted molar refractivity (Wildman–Crippen MR) is 89.6 cm³/mol. The van der Waals surface area contributed by atoms with Gasteiger partial charge in [0, 0.05) is 12.1 Å². The summed E-state index contributed by atoms with van der Waals surface area (Å²) in [6.07, 6.45) is 4.93. The van der Waals surface area contributed by atoms with Crippen LogP contribution in [0.15, 0.2) is 36.4 Å². The molecule has 1 saturated carbocycles. The first-order chi connectivity index (χ1) is 11.3. The fraction of sp³-hybridized carbons (Fsp3) is 0.333. The number of phenolic OH excluding ortho intramolecular Hbond substituents is 1. The van der Waals surface area contributed by atoms with Gasteiger partial charge in [-0.25, -0.2) is 0 Å². The SMILES string of the molecule is NCc1cc(C2CCCC2)cc(-n2nc3ccccc3n2)c1O. The molecule has 5 heteroatoms. The van der Waals surface area contributed by atoms with Crippen LogP contribution in [0.4, 0.5) is 0 Å². The zero-order valence-electron chi connectivity index (χ0n) is 12.9. The average molecular weight is 308 g/mol. The lowest BCUT2D eigenvalue weighted by molar-refractivity contribution is 0.460. The molecule has 4 rings (SSSR count). The predicted octanol–water partition coefficient (Wildman–Crippen LogP) is 3.24. The molecule has 23 heavy (non-hydrogen) atoms. The molecule has 5 nitrogen and oxygen atoms in total. The number of nitrogens with two attached hydrogens (primary N) is 1. The first kappa shape index (κ1) is 14.2. The van der Waals surface area contributed by atoms with Crippen molar-refractivity contribution in [1.29, 1.82) is 0 Å². The van der Waals surface area contributed by atoms with Gasteiger partial charge in [-0.1, -0.05) is 31.0 Å². The largest absolute Gasteiger partial charge is 0.505 e. The minimum absolute atomic E-state index is 0.176. The number of benzene rings is 2. The Bertz CT molecular complexity index is 816. The number of phenols is 1. The highest BCUT2D eigenvalue weighted by Crippen LogP contribution is 2.38. The molecule has 0 radical (unpaired) electrons. The molecule has 3 N–H and O–H groups in total. The van der Waals surface area contributed by atoms with Crippen LogP contribution in [0.1, 0.15) is 42.7 Å². The van der Waals surface area contributed by atoms with Crippen LogP contribution < -0.4 is 5.73 Å². The molecule has 0 spiro atoms. The van der Waals surface area contributed by atoms with E-state index in [0.29, 0.717) is 18.2 Å². The number of nitrogens with zero attached hydrogens (tertiary/aromatic N) is 3. The Labute approximate surface area is 134 Å². The minimum Gasteiger partial charge on any atom is -0.505 e. The summed E-state index contributed by atoms with van der Waals surface area (Å²) < 4.78 is 0. The number of rotatable bonds is 3. The Morgan fingerprint density at radius 1 is 1.09 bits per heavy atom. The van der Waals surface area contributed by atoms with E-state index in [1.54, 1.807) is 0 Å². The van der Waals surface area contributed by atoms with Gasteiger partial charge in [0.05, 0.1) is 0 Å². The van der Waals surface area contributed by atoms with Gasteiger partial charge in [-0.05, 0) is 42.5 Å². The summed E-state index contributed by atoms with van der Waals surface area (Å²) in [6.45, 7) is 0.306. The van der Waals surface area contributed by atoms with Crippen molar-refractivity contribution >= 4 is 11.0 Å². The molecule has 1 heterocycles. The highest BCUT2D eigenvalue weighted by molar-refractivity contribution is 5.73. The van der Waals surface area contributed by atoms with Crippen LogP contribution in [0.5, 0.6) is 5.75 Å². The number of hydrogen-bond acceptors (Lipinski definition) is 4. The summed E-state index contributed by atoms with van der Waals surface area (Å²) in [5.74, 6) is 0.721. The lowest BCUT2D eigenvalue weighted by Crippen LogP contribution is -2.06. The van der Waals surface area contributed by atoms with Gasteiger partial charge in [-0.2, -0.15) is 0 Å². The highest BCUT2D eigenvalue weighted by Gasteiger charge is 2.21. The van der Waals surface area contributed by atoms with Crippen LogP contribution in [0.3, 0.4) is 0 Å². The zero-order valence-corrected chi connectivity index (χ0v) is 12.9. The third kappa shape index (κ3) is 2.47. The quantitative estimate of drug-likeness (QED) is 0.778. The monoisotopic (exact) mass is 308 g/mol. The molecule has 0 bridgehead atoms. The molecule has 1 aliphatic rings. The van der Waals surface area contributed by atoms with Crippen molar-refractivity contribution in [3.05, 3.63) is 47.5 Å². The zero-order chi connectivity index (χ0) is 15.8. The average Bonchev–Trinajstić information content (AvgIpc) is 3.24. The summed E-state index contributed by atoms with van der Waals surface area (Å²) in [6, 6.07) is 11.8. The van der Waals surface area contributed by atoms with Crippen LogP contribution in [0, 0.1) is 0 Å². The first-order valence-corrected chi connectivity index (χ1v) is 8.14. The van der Waals surface area contributed by atoms with Crippen molar-refractivity contribution in [2.24, 2.45) is 5.73 Å². The fourth-order valence-electron chi connectivity index (χ4n) is 3.47. The Morgan fingerprint density at radius 3 is 2.35 bits per heavy atom. The number of hydrogen-bond donors (Lipinski definition) is 2. The van der Waals surface area contributed by atoms with Crippen LogP contribution >= 0.6 is 0 Å². The highest BCUT2D eigenvalue weighted by atomic mass is 16.3. The molecule has 0 saturated heterocycles. The van der Waals surface area contributed by atoms with E-state index in [2.05, 4.69) is 10.2 Å². The van der Waals surface area contributed by atoms with E-state index in [-0.39, 0.29) is 5.75 Å². The smallest absolute Gasteiger partial charge is 0.147 e. The Balaban J connectivity index is 1.86. The van der Waals surface area contributed by atoms with Crippen LogP contribution in [0.2, 0.25) is 0 Å². The van der Waals surface area contributed by atoms with Crippen LogP contribution in [0.25, 0.3) is 16.7 Å². The molecule has 2 aromatic carbocycles. The molecular formula is C18H20N4O. The third-order valence-corrected chi connectivity index (χ3v) is 4.74. The lowest BCUT2D eigenvalue weighted by Gasteiger charge is -2.15. The Hall–Kier alpha value is -2.40. The van der Waals surface area contributed by atoms with Gasteiger partial charge in [0.15, 0.2) is 0 Å². The second-order valence-corrected chi connectivity index (χ2v) is 6.21. The molecule has 3 aromatic rings. The van der Waals surface area contributed by atoms with E-state index in [4.69, 9.17) is 5.73 Å². The maximum absolute atomic E-state index is 10.6. The minimum atomic E-state index is 0.176. The Morgan fingerprint density at radius 2 is 1.74 bits per heavy atom. The van der Waals surface area contributed by atoms with E-state index in [1.807, 2.05) is 36.4 Å². The van der Waals surface area contributed by atoms with Gasteiger partial charge in [-0.15, -0.1) is 15.0 Å². The standard InChI is InChI=1S/C18H20N4O/c19-11-14-9-13(12-5-1-2-6-12)10-17(18(14)23)22-20-15-7-3-4-8-16(15)21-22/h3-4,7-10,12,23H,1-2,5-6,11,19H2. The summed E-state index contributed by atoms with van der Waals surface area (Å²) in [5.41, 5.74) is 10.1. The maximum atomic E-state index is 10.6. The van der Waals surface area contributed by atoms with Crippen molar-refractivity contribution in [2.45, 2.75) is 38.1 Å². The van der Waals surface area contributed by atoms with E-state index >= 15 is 0 Å². The van der Waals surface area contributed by atoms with E-state index in [0.717, 1.165) is 16.6 Å². The molecule has 1 aliphatic carbocycles. The van der Waals surface area contributed by atoms with Gasteiger partial charge in [-0.3, -0.25) is 0 Å². The molecular weight excluding hydrogens is 288 g/mol. The van der Waals surface area contributed by atoms with Gasteiger partial charge >= 0.3 is 0 Å². The molecule has 0 atom stereocenters. The summed E-state index contributed by atoms with van der Waals surface area (Å²) in [4.78, 5) is 1.53. The summed E-state index contributed by atoms with van der Waals surface area (Å²) in [5, 5.41) is 19.5. The van der Waals surface area contributed by atoms with Crippen LogP contribution in [-0.2, 0) is 6.54 Å². The normalized spacial score (nSPS) is 15.5. The number of aromatic nitrogens is 3. The first-order valence-electron chi connectivity index (χ1n) is 8.14. The summed E-state index contributed by atoms with van der Waals surface area (Å²) in [7, 11) is 0. The van der Waals surface area contributed by atoms with E-state index < -0.39 is 0 Å². The second-order valence-electron chi connectivity index (χ2n) is 6.21. The molecule has 0 unspecified atom stereocenters. The third-order valence-electron chi connectivity index (χ3n) is 4.74. The molecule has 0 aliphatic heterocycles. The number of fused-ring (bicyclic) bond motifs is 1. The lowest BCUT2D eigenvalue weighted by atomic mass is 9.94. The van der Waals surface area contributed by atoms with Crippen molar-refractivity contribution < 1.29 is 5.11 Å². The van der Waals surface area contributed by atoms with Crippen molar-refractivity contribution in [3.8, 4) is 11.4 Å². The second kappa shape index (κ2) is 5.66. The number of aromatic hydroxyl groups is 1. The Kier molecular flexibility index (Phi) is 3.50. The fourth-order valence-corrected chi connectivity index (χ4v) is 3.47. The van der Waals surface area contributed by atoms with E-state index in [1.165, 1.54) is 36.0 Å².